The van der Waals surface area contributed by atoms with Crippen LogP contribution < -0.4 is 14.2 Å². The highest BCUT2D eigenvalue weighted by molar-refractivity contribution is 7.99. The Balaban J connectivity index is 2.09. The average molecular weight is 877 g/mol. The molecule has 0 atom stereocenters. The number of ketones is 1. The van der Waals surface area contributed by atoms with Gasteiger partial charge in [-0.3, -0.25) is 4.79 Å². The van der Waals surface area contributed by atoms with Gasteiger partial charge in [-0.25, -0.2) is 0 Å². The first-order chi connectivity index (χ1) is 30.6. The van der Waals surface area contributed by atoms with Gasteiger partial charge in [0.05, 0.1) is 19.8 Å². The van der Waals surface area contributed by atoms with E-state index in [9.17, 15) is 4.79 Å². The molecule has 0 aliphatic heterocycles. The summed E-state index contributed by atoms with van der Waals surface area (Å²) in [6.07, 6.45) is 47.8. The maximum Gasteiger partial charge on any atom is 0.203 e. The first kappa shape index (κ1) is 55.7. The van der Waals surface area contributed by atoms with Crippen molar-refractivity contribution in [3.63, 3.8) is 0 Å². The fraction of sp³-hybridized carbons (Fsp3) is 0.737. The largest absolute Gasteiger partial charge is 0.490 e. The third-order valence-corrected chi connectivity index (χ3v) is 13.3. The number of hydrogen-bond donors (Lipinski definition) is 0. The highest BCUT2D eigenvalue weighted by Gasteiger charge is 2.16. The van der Waals surface area contributed by atoms with Gasteiger partial charge in [0.2, 0.25) is 5.75 Å². The van der Waals surface area contributed by atoms with Crippen LogP contribution in [0.3, 0.4) is 0 Å². The Hall–Kier alpha value is -2.40. The molecule has 0 radical (unpaired) electrons. The van der Waals surface area contributed by atoms with Gasteiger partial charge in [-0.2, -0.15) is 0 Å². The van der Waals surface area contributed by atoms with Gasteiger partial charge in [-0.1, -0.05) is 226 Å². The van der Waals surface area contributed by atoms with E-state index in [4.69, 9.17) is 14.2 Å². The minimum absolute atomic E-state index is 0.000664. The van der Waals surface area contributed by atoms with Crippen molar-refractivity contribution in [2.75, 3.05) is 25.6 Å². The molecule has 62 heavy (non-hydrogen) atoms. The first-order valence-electron chi connectivity index (χ1n) is 26.6. The van der Waals surface area contributed by atoms with E-state index < -0.39 is 0 Å². The maximum atomic E-state index is 13.3. The highest BCUT2D eigenvalue weighted by Crippen LogP contribution is 2.40. The van der Waals surface area contributed by atoms with Crippen LogP contribution in [-0.4, -0.2) is 31.4 Å². The summed E-state index contributed by atoms with van der Waals surface area (Å²) in [5.41, 5.74) is 1.60. The fourth-order valence-corrected chi connectivity index (χ4v) is 8.86. The minimum atomic E-state index is 0.000664. The molecule has 4 nitrogen and oxygen atoms in total. The molecule has 2 rings (SSSR count). The van der Waals surface area contributed by atoms with E-state index in [-0.39, 0.29) is 5.78 Å². The molecule has 5 heteroatoms. The predicted octanol–water partition coefficient (Wildman–Crippen LogP) is 19.2. The van der Waals surface area contributed by atoms with Crippen LogP contribution in [0.25, 0.3) is 6.08 Å². The summed E-state index contributed by atoms with van der Waals surface area (Å²) in [5.74, 6) is 3.29. The maximum absolute atomic E-state index is 13.3. The predicted molar refractivity (Wildman–Crippen MR) is 273 cm³/mol. The second-order valence-corrected chi connectivity index (χ2v) is 19.2. The van der Waals surface area contributed by atoms with Gasteiger partial charge < -0.3 is 14.2 Å². The summed E-state index contributed by atoms with van der Waals surface area (Å²) >= 11 is 1.83. The average Bonchev–Trinajstić information content (AvgIpc) is 3.29. The molecule has 0 bridgehead atoms. The van der Waals surface area contributed by atoms with Gasteiger partial charge >= 0.3 is 0 Å². The molecule has 0 spiro atoms. The van der Waals surface area contributed by atoms with E-state index in [1.807, 2.05) is 30.0 Å². The van der Waals surface area contributed by atoms with Crippen LogP contribution >= 0.6 is 11.8 Å². The van der Waals surface area contributed by atoms with Gasteiger partial charge in [0, 0.05) is 10.5 Å². The quantitative estimate of drug-likeness (QED) is 0.0287. The molecular weight excluding hydrogens is 781 g/mol. The molecule has 0 aliphatic rings. The van der Waals surface area contributed by atoms with Gasteiger partial charge in [-0.05, 0) is 79.5 Å². The Morgan fingerprint density at radius 1 is 0.435 bits per heavy atom. The molecule has 0 aromatic heterocycles. The molecular formula is C57H96O4S. The van der Waals surface area contributed by atoms with Crippen molar-refractivity contribution in [2.24, 2.45) is 0 Å². The summed E-state index contributed by atoms with van der Waals surface area (Å²) < 4.78 is 19.8. The summed E-state index contributed by atoms with van der Waals surface area (Å²) in [4.78, 5) is 14.5. The van der Waals surface area contributed by atoms with E-state index in [2.05, 4.69) is 52.0 Å². The Bertz CT molecular complexity index is 1290. The zero-order chi connectivity index (χ0) is 44.4. The lowest BCUT2D eigenvalue weighted by molar-refractivity contribution is 0.104. The number of ether oxygens (including phenoxy) is 3. The van der Waals surface area contributed by atoms with E-state index in [1.165, 1.54) is 198 Å². The number of allylic oxidation sites excluding steroid dienone is 1. The molecule has 0 saturated carbocycles. The van der Waals surface area contributed by atoms with Gasteiger partial charge in [-0.15, -0.1) is 11.8 Å². The standard InChI is InChI=1S/C57H96O4S/c1-5-9-12-15-18-21-24-27-30-33-36-45-59-55-49-51(39-44-54(58)52-40-42-53(43-41-52)62-48-8-4)50-56(60-46-37-34-31-28-25-22-19-16-13-10-6-2)57(55)61-47-38-35-32-29-26-23-20-17-14-11-7-3/h39-44,49-50H,5-38,45-48H2,1-4H3/b44-39+. The van der Waals surface area contributed by atoms with E-state index >= 15 is 0 Å². The van der Waals surface area contributed by atoms with Crippen molar-refractivity contribution < 1.29 is 19.0 Å². The number of hydrogen-bond acceptors (Lipinski definition) is 5. The molecule has 0 heterocycles. The topological polar surface area (TPSA) is 44.8 Å². The van der Waals surface area contributed by atoms with Gasteiger partial charge in [0.1, 0.15) is 0 Å². The molecule has 0 saturated heterocycles. The van der Waals surface area contributed by atoms with Crippen molar-refractivity contribution in [3.8, 4) is 17.2 Å². The molecule has 0 fully saturated rings. The molecule has 2 aromatic rings. The van der Waals surface area contributed by atoms with Crippen molar-refractivity contribution in [3.05, 3.63) is 53.6 Å². The van der Waals surface area contributed by atoms with Crippen LogP contribution in [-0.2, 0) is 0 Å². The lowest BCUT2D eigenvalue weighted by Crippen LogP contribution is -2.07. The number of benzene rings is 2. The second kappa shape index (κ2) is 41.3. The number of carbonyl (C=O) groups is 1. The fourth-order valence-electron chi connectivity index (χ4n) is 8.09. The smallest absolute Gasteiger partial charge is 0.203 e. The number of thioether (sulfide) groups is 1. The molecule has 0 aliphatic carbocycles. The summed E-state index contributed by atoms with van der Waals surface area (Å²) in [6.45, 7) is 11.0. The number of rotatable bonds is 45. The monoisotopic (exact) mass is 877 g/mol. The lowest BCUT2D eigenvalue weighted by atomic mass is 10.1. The number of unbranched alkanes of at least 4 members (excludes halogenated alkanes) is 30. The Labute approximate surface area is 388 Å². The number of carbonyl (C=O) groups excluding carboxylic acids is 1. The van der Waals surface area contributed by atoms with E-state index in [1.54, 1.807) is 6.08 Å². The first-order valence-corrected chi connectivity index (χ1v) is 27.6. The summed E-state index contributed by atoms with van der Waals surface area (Å²) in [5, 5.41) is 0. The third-order valence-electron chi connectivity index (χ3n) is 12.1. The van der Waals surface area contributed by atoms with Crippen LogP contribution in [0.15, 0.2) is 47.4 Å². The van der Waals surface area contributed by atoms with Crippen LogP contribution in [0.5, 0.6) is 17.2 Å². The highest BCUT2D eigenvalue weighted by atomic mass is 32.2. The molecule has 0 N–H and O–H groups in total. The summed E-state index contributed by atoms with van der Waals surface area (Å²) in [7, 11) is 0. The molecule has 0 unspecified atom stereocenters. The summed E-state index contributed by atoms with van der Waals surface area (Å²) in [6, 6.07) is 12.1. The molecule has 0 amide bonds. The molecule has 354 valence electrons. The Kier molecular flexibility index (Phi) is 37.1. The third kappa shape index (κ3) is 29.9. The van der Waals surface area contributed by atoms with Crippen LogP contribution in [0.4, 0.5) is 0 Å². The Morgan fingerprint density at radius 3 is 1.13 bits per heavy atom. The zero-order valence-electron chi connectivity index (χ0n) is 41.0. The van der Waals surface area contributed by atoms with Crippen LogP contribution in [0.1, 0.15) is 262 Å². The van der Waals surface area contributed by atoms with E-state index in [0.29, 0.717) is 25.4 Å². The van der Waals surface area contributed by atoms with Gasteiger partial charge in [0.25, 0.3) is 0 Å². The van der Waals surface area contributed by atoms with Gasteiger partial charge in [0.15, 0.2) is 17.3 Å². The van der Waals surface area contributed by atoms with Crippen LogP contribution in [0, 0.1) is 0 Å². The molecule has 2 aromatic carbocycles. The van der Waals surface area contributed by atoms with Crippen molar-refractivity contribution in [2.45, 2.75) is 251 Å². The zero-order valence-corrected chi connectivity index (χ0v) is 41.8. The van der Waals surface area contributed by atoms with E-state index in [0.717, 1.165) is 54.2 Å². The Morgan fingerprint density at radius 2 is 0.774 bits per heavy atom. The van der Waals surface area contributed by atoms with Crippen LogP contribution in [0.2, 0.25) is 0 Å². The lowest BCUT2D eigenvalue weighted by Gasteiger charge is -2.18. The van der Waals surface area contributed by atoms with Crippen molar-refractivity contribution >= 4 is 23.6 Å². The SMILES string of the molecule is CCCCCCCCCCCCCOc1cc(/C=C/C(=O)c2ccc(SCCC)cc2)cc(OCCCCCCCCCCCCC)c1OCCCCCCCCCCCCC. The van der Waals surface area contributed by atoms with Crippen molar-refractivity contribution in [1.82, 2.24) is 0 Å². The second-order valence-electron chi connectivity index (χ2n) is 18.1. The minimum Gasteiger partial charge on any atom is -0.490 e. The van der Waals surface area contributed by atoms with Crippen molar-refractivity contribution in [1.29, 1.82) is 0 Å². The normalized spacial score (nSPS) is 11.5.